The molecule has 1 fully saturated rings. The number of likely N-dealkylation sites (tertiary alicyclic amines) is 1. The molecule has 1 aliphatic heterocycles. The van der Waals surface area contributed by atoms with Crippen LogP contribution in [0.2, 0.25) is 0 Å². The van der Waals surface area contributed by atoms with E-state index in [2.05, 4.69) is 18.7 Å². The van der Waals surface area contributed by atoms with Gasteiger partial charge >= 0.3 is 0 Å². The van der Waals surface area contributed by atoms with Gasteiger partial charge in [-0.1, -0.05) is 26.1 Å². The van der Waals surface area contributed by atoms with Gasteiger partial charge in [-0.25, -0.2) is 0 Å². The lowest BCUT2D eigenvalue weighted by molar-refractivity contribution is 0.167. The topological polar surface area (TPSA) is 29.3 Å². The monoisotopic (exact) mass is 200 g/mol. The van der Waals surface area contributed by atoms with Crippen molar-refractivity contribution < 1.29 is 0 Å². The third-order valence-electron chi connectivity index (χ3n) is 2.97. The van der Waals surface area contributed by atoms with Crippen LogP contribution in [0.4, 0.5) is 0 Å². The van der Waals surface area contributed by atoms with Crippen molar-refractivity contribution in [1.29, 1.82) is 0 Å². The van der Waals surface area contributed by atoms with Crippen molar-refractivity contribution in [3.05, 3.63) is 0 Å². The summed E-state index contributed by atoms with van der Waals surface area (Å²) in [6.45, 7) is 6.80. The van der Waals surface area contributed by atoms with Gasteiger partial charge < -0.3 is 5.73 Å². The van der Waals surface area contributed by atoms with E-state index in [0.717, 1.165) is 25.4 Å². The van der Waals surface area contributed by atoms with Gasteiger partial charge in [0.25, 0.3) is 0 Å². The van der Waals surface area contributed by atoms with Crippen LogP contribution in [0.5, 0.6) is 0 Å². The van der Waals surface area contributed by atoms with E-state index in [-0.39, 0.29) is 0 Å². The smallest absolute Gasteiger partial charge is 0.0901 e. The van der Waals surface area contributed by atoms with Crippen molar-refractivity contribution in [3.8, 4) is 0 Å². The van der Waals surface area contributed by atoms with Gasteiger partial charge in [0.1, 0.15) is 0 Å². The largest absolute Gasteiger partial charge is 0.392 e. The van der Waals surface area contributed by atoms with Gasteiger partial charge in [-0.2, -0.15) is 0 Å². The normalized spacial score (nSPS) is 22.9. The second-order valence-electron chi connectivity index (χ2n) is 4.04. The predicted molar refractivity (Wildman–Crippen MR) is 60.8 cm³/mol. The molecule has 0 radical (unpaired) electrons. The van der Waals surface area contributed by atoms with Crippen LogP contribution in [-0.4, -0.2) is 29.0 Å². The first-order valence-electron chi connectivity index (χ1n) is 5.18. The molecule has 1 unspecified atom stereocenters. The number of rotatable bonds is 3. The Balaban J connectivity index is 2.46. The zero-order valence-electron chi connectivity index (χ0n) is 8.62. The molecule has 0 saturated carbocycles. The fourth-order valence-electron chi connectivity index (χ4n) is 1.98. The van der Waals surface area contributed by atoms with E-state index in [1.54, 1.807) is 0 Å². The summed E-state index contributed by atoms with van der Waals surface area (Å²) in [6.07, 6.45) is 3.63. The van der Waals surface area contributed by atoms with Gasteiger partial charge in [0.15, 0.2) is 0 Å². The molecule has 76 valence electrons. The molecule has 2 N–H and O–H groups in total. The average Bonchev–Trinajstić information content (AvgIpc) is 2.09. The second kappa shape index (κ2) is 4.91. The number of piperidine rings is 1. The van der Waals surface area contributed by atoms with Gasteiger partial charge in [0.05, 0.1) is 11.0 Å². The molecule has 3 heteroatoms. The number of thiocarbonyl (C=S) groups is 1. The number of nitrogens with two attached hydrogens (primary N) is 1. The molecule has 0 amide bonds. The Hall–Kier alpha value is -0.150. The minimum Gasteiger partial charge on any atom is -0.392 e. The molecular weight excluding hydrogens is 180 g/mol. The summed E-state index contributed by atoms with van der Waals surface area (Å²) >= 11 is 5.06. The first-order chi connectivity index (χ1) is 6.15. The van der Waals surface area contributed by atoms with Crippen molar-refractivity contribution in [2.24, 2.45) is 11.7 Å². The van der Waals surface area contributed by atoms with Crippen molar-refractivity contribution in [2.45, 2.75) is 39.2 Å². The van der Waals surface area contributed by atoms with Crippen molar-refractivity contribution in [3.63, 3.8) is 0 Å². The Kier molecular flexibility index (Phi) is 4.13. The Morgan fingerprint density at radius 3 is 2.46 bits per heavy atom. The highest BCUT2D eigenvalue weighted by Crippen LogP contribution is 2.19. The molecule has 0 aliphatic carbocycles. The SMILES string of the molecule is CCC(C(N)=S)N1CCC(C)CC1. The van der Waals surface area contributed by atoms with E-state index in [4.69, 9.17) is 18.0 Å². The number of hydrogen-bond acceptors (Lipinski definition) is 2. The molecule has 0 bridgehead atoms. The maximum absolute atomic E-state index is 5.70. The van der Waals surface area contributed by atoms with Crippen LogP contribution in [0.25, 0.3) is 0 Å². The van der Waals surface area contributed by atoms with E-state index in [0.29, 0.717) is 11.0 Å². The first-order valence-corrected chi connectivity index (χ1v) is 5.59. The maximum Gasteiger partial charge on any atom is 0.0901 e. The highest BCUT2D eigenvalue weighted by Gasteiger charge is 2.23. The van der Waals surface area contributed by atoms with Gasteiger partial charge in [0, 0.05) is 0 Å². The molecule has 1 rings (SSSR count). The van der Waals surface area contributed by atoms with Crippen LogP contribution >= 0.6 is 12.2 Å². The van der Waals surface area contributed by atoms with Gasteiger partial charge in [-0.15, -0.1) is 0 Å². The zero-order valence-corrected chi connectivity index (χ0v) is 9.44. The molecule has 1 atom stereocenters. The highest BCUT2D eigenvalue weighted by molar-refractivity contribution is 7.80. The van der Waals surface area contributed by atoms with E-state index in [9.17, 15) is 0 Å². The van der Waals surface area contributed by atoms with E-state index in [1.165, 1.54) is 12.8 Å². The second-order valence-corrected chi connectivity index (χ2v) is 4.52. The molecule has 0 aromatic carbocycles. The summed E-state index contributed by atoms with van der Waals surface area (Å²) in [5.41, 5.74) is 5.70. The zero-order chi connectivity index (χ0) is 9.84. The van der Waals surface area contributed by atoms with Crippen LogP contribution in [0, 0.1) is 5.92 Å². The molecule has 0 spiro atoms. The Morgan fingerprint density at radius 1 is 1.54 bits per heavy atom. The summed E-state index contributed by atoms with van der Waals surface area (Å²) in [6, 6.07) is 0.336. The predicted octanol–water partition coefficient (Wildman–Crippen LogP) is 1.78. The summed E-state index contributed by atoms with van der Waals surface area (Å²) in [5, 5.41) is 0. The molecular formula is C10H20N2S. The fraction of sp³-hybridized carbons (Fsp3) is 0.900. The minimum atomic E-state index is 0.336. The van der Waals surface area contributed by atoms with E-state index in [1.807, 2.05) is 0 Å². The summed E-state index contributed by atoms with van der Waals surface area (Å²) in [5.74, 6) is 0.875. The molecule has 1 heterocycles. The fourth-order valence-corrected chi connectivity index (χ4v) is 2.30. The summed E-state index contributed by atoms with van der Waals surface area (Å²) < 4.78 is 0. The standard InChI is InChI=1S/C10H20N2S/c1-3-9(10(11)13)12-6-4-8(2)5-7-12/h8-9H,3-7H2,1-2H3,(H2,11,13). The van der Waals surface area contributed by atoms with Crippen molar-refractivity contribution in [1.82, 2.24) is 4.90 Å². The van der Waals surface area contributed by atoms with Gasteiger partial charge in [-0.3, -0.25) is 4.90 Å². The number of nitrogens with zero attached hydrogens (tertiary/aromatic N) is 1. The lowest BCUT2D eigenvalue weighted by atomic mass is 9.97. The quantitative estimate of drug-likeness (QED) is 0.704. The average molecular weight is 200 g/mol. The third kappa shape index (κ3) is 2.92. The van der Waals surface area contributed by atoms with Crippen LogP contribution < -0.4 is 5.73 Å². The lowest BCUT2D eigenvalue weighted by Gasteiger charge is -2.35. The molecule has 0 aromatic heterocycles. The Bertz CT molecular complexity index is 174. The minimum absolute atomic E-state index is 0.336. The number of hydrogen-bond donors (Lipinski definition) is 1. The van der Waals surface area contributed by atoms with Crippen molar-refractivity contribution in [2.75, 3.05) is 13.1 Å². The van der Waals surface area contributed by atoms with Crippen LogP contribution in [0.3, 0.4) is 0 Å². The highest BCUT2D eigenvalue weighted by atomic mass is 32.1. The Morgan fingerprint density at radius 2 is 2.08 bits per heavy atom. The molecule has 13 heavy (non-hydrogen) atoms. The maximum atomic E-state index is 5.70. The van der Waals surface area contributed by atoms with Gasteiger partial charge in [-0.05, 0) is 38.3 Å². The summed E-state index contributed by atoms with van der Waals surface area (Å²) in [7, 11) is 0. The van der Waals surface area contributed by atoms with Crippen molar-refractivity contribution >= 4 is 17.2 Å². The first kappa shape index (κ1) is 10.9. The van der Waals surface area contributed by atoms with E-state index < -0.39 is 0 Å². The van der Waals surface area contributed by atoms with Crippen LogP contribution in [0.1, 0.15) is 33.1 Å². The van der Waals surface area contributed by atoms with Gasteiger partial charge in [0.2, 0.25) is 0 Å². The lowest BCUT2D eigenvalue weighted by Crippen LogP contribution is -2.46. The molecule has 2 nitrogen and oxygen atoms in total. The Labute approximate surface area is 86.5 Å². The van der Waals surface area contributed by atoms with Crippen LogP contribution in [-0.2, 0) is 0 Å². The van der Waals surface area contributed by atoms with Crippen LogP contribution in [0.15, 0.2) is 0 Å². The molecule has 1 aliphatic rings. The molecule has 0 aromatic rings. The third-order valence-corrected chi connectivity index (χ3v) is 3.25. The van der Waals surface area contributed by atoms with E-state index >= 15 is 0 Å². The summed E-state index contributed by atoms with van der Waals surface area (Å²) in [4.78, 5) is 3.10. The molecule has 1 saturated heterocycles.